The predicted octanol–water partition coefficient (Wildman–Crippen LogP) is 14.6. The van der Waals surface area contributed by atoms with E-state index in [4.69, 9.17) is 0 Å². The summed E-state index contributed by atoms with van der Waals surface area (Å²) in [4.78, 5) is 0. The van der Waals surface area contributed by atoms with Gasteiger partial charge < -0.3 is 0 Å². The molecule has 52 heavy (non-hydrogen) atoms. The maximum atomic E-state index is 2.51. The van der Waals surface area contributed by atoms with E-state index in [2.05, 4.69) is 176 Å². The van der Waals surface area contributed by atoms with Crippen molar-refractivity contribution in [3.63, 3.8) is 0 Å². The molecular weight excluding hydrogens is 625 g/mol. The lowest BCUT2D eigenvalue weighted by Crippen LogP contribution is -2.23. The van der Waals surface area contributed by atoms with Crippen LogP contribution in [0.1, 0.15) is 89.1 Å². The smallest absolute Gasteiger partial charge is 0.0210 e. The Kier molecular flexibility index (Phi) is 6.47. The Bertz CT molecular complexity index is 2740. The quantitative estimate of drug-likeness (QED) is 0.164. The van der Waals surface area contributed by atoms with Crippen LogP contribution in [0.4, 0.5) is 0 Å². The van der Waals surface area contributed by atoms with Gasteiger partial charge in [-0.15, -0.1) is 0 Å². The molecule has 0 saturated carbocycles. The Morgan fingerprint density at radius 3 is 1.60 bits per heavy atom. The lowest BCUT2D eigenvalue weighted by molar-refractivity contribution is 0.490. The van der Waals surface area contributed by atoms with Crippen LogP contribution in [-0.4, -0.2) is 0 Å². The van der Waals surface area contributed by atoms with E-state index in [1.165, 1.54) is 105 Å². The van der Waals surface area contributed by atoms with Crippen molar-refractivity contribution >= 4 is 32.3 Å². The molecule has 0 nitrogen and oxygen atoms in total. The van der Waals surface area contributed by atoms with Crippen molar-refractivity contribution in [1.82, 2.24) is 0 Å². The lowest BCUT2D eigenvalue weighted by atomic mass is 9.73. The zero-order valence-corrected chi connectivity index (χ0v) is 31.5. The van der Waals surface area contributed by atoms with Gasteiger partial charge in [0.2, 0.25) is 0 Å². The first kappa shape index (κ1) is 31.5. The van der Waals surface area contributed by atoms with Crippen LogP contribution in [0.2, 0.25) is 0 Å². The van der Waals surface area contributed by atoms with Gasteiger partial charge in [0.05, 0.1) is 0 Å². The Labute approximate surface area is 308 Å². The van der Waals surface area contributed by atoms with Gasteiger partial charge in [0, 0.05) is 10.8 Å². The Morgan fingerprint density at radius 1 is 0.442 bits per heavy atom. The van der Waals surface area contributed by atoms with Crippen LogP contribution >= 0.6 is 0 Å². The van der Waals surface area contributed by atoms with Crippen LogP contribution in [0.25, 0.3) is 76.8 Å². The minimum Gasteiger partial charge on any atom is -0.0642 e. The number of benzene rings is 8. The van der Waals surface area contributed by atoms with E-state index in [1.54, 1.807) is 0 Å². The van der Waals surface area contributed by atoms with Gasteiger partial charge in [0.25, 0.3) is 0 Å². The first-order valence-electron chi connectivity index (χ1n) is 19.3. The van der Waals surface area contributed by atoms with Crippen molar-refractivity contribution in [2.75, 3.05) is 0 Å². The van der Waals surface area contributed by atoms with Crippen LogP contribution in [0.15, 0.2) is 127 Å². The molecule has 0 heteroatoms. The summed E-state index contributed by atoms with van der Waals surface area (Å²) in [6.07, 6.45) is 2.21. The van der Waals surface area contributed by atoms with E-state index in [9.17, 15) is 0 Å². The first-order valence-corrected chi connectivity index (χ1v) is 19.3. The summed E-state index contributed by atoms with van der Waals surface area (Å²) in [6, 6.07) is 49.6. The van der Waals surface area contributed by atoms with Crippen LogP contribution < -0.4 is 0 Å². The second kappa shape index (κ2) is 10.7. The fraction of sp³-hybridized carbons (Fsp3) is 0.231. The molecule has 0 spiro atoms. The van der Waals surface area contributed by atoms with Gasteiger partial charge in [-0.1, -0.05) is 158 Å². The summed E-state index contributed by atoms with van der Waals surface area (Å²) in [5.41, 5.74) is 18.0. The highest BCUT2D eigenvalue weighted by Gasteiger charge is 2.41. The van der Waals surface area contributed by atoms with Gasteiger partial charge in [-0.3, -0.25) is 0 Å². The van der Waals surface area contributed by atoms with Gasteiger partial charge in [-0.05, 0) is 141 Å². The highest BCUT2D eigenvalue weighted by Crippen LogP contribution is 2.55. The highest BCUT2D eigenvalue weighted by atomic mass is 14.4. The molecule has 0 aromatic heterocycles. The third-order valence-electron chi connectivity index (χ3n) is 13.3. The standard InChI is InChI=1S/C52H46/c1-8-52(9-2)44-13-11-10-12-39(44)42-23-18-33(29-47(42)52)32-17-22-40-41-24-19-34(30-46(41)51(6,7)45(40)28-32)38-21-16-31-14-15-35-26-37(50(3,4)5)27-36-20-25-43(38)49(31)48(35)36/h10-30H,8-9H2,1-7H3. The predicted molar refractivity (Wildman–Crippen MR) is 224 cm³/mol. The number of fused-ring (bicyclic) bond motifs is 6. The van der Waals surface area contributed by atoms with Gasteiger partial charge >= 0.3 is 0 Å². The Balaban J connectivity index is 1.07. The molecule has 10 rings (SSSR count). The summed E-state index contributed by atoms with van der Waals surface area (Å²) in [7, 11) is 0. The second-order valence-corrected chi connectivity index (χ2v) is 17.2. The molecule has 0 amide bonds. The van der Waals surface area contributed by atoms with Crippen LogP contribution in [0, 0.1) is 0 Å². The maximum Gasteiger partial charge on any atom is 0.0210 e. The van der Waals surface area contributed by atoms with Crippen LogP contribution in [0.5, 0.6) is 0 Å². The van der Waals surface area contributed by atoms with Gasteiger partial charge in [-0.25, -0.2) is 0 Å². The Morgan fingerprint density at radius 2 is 0.942 bits per heavy atom. The topological polar surface area (TPSA) is 0 Å². The largest absolute Gasteiger partial charge is 0.0642 e. The minimum atomic E-state index is -0.118. The van der Waals surface area contributed by atoms with E-state index in [1.807, 2.05) is 0 Å². The molecule has 0 aliphatic heterocycles. The van der Waals surface area contributed by atoms with Crippen molar-refractivity contribution in [1.29, 1.82) is 0 Å². The van der Waals surface area contributed by atoms with Crippen LogP contribution in [0.3, 0.4) is 0 Å². The van der Waals surface area contributed by atoms with E-state index in [0.717, 1.165) is 12.8 Å². The van der Waals surface area contributed by atoms with Crippen molar-refractivity contribution in [3.8, 4) is 44.5 Å². The monoisotopic (exact) mass is 670 g/mol. The summed E-state index contributed by atoms with van der Waals surface area (Å²) < 4.78 is 0. The molecule has 0 unspecified atom stereocenters. The van der Waals surface area contributed by atoms with E-state index in [-0.39, 0.29) is 16.2 Å². The summed E-state index contributed by atoms with van der Waals surface area (Å²) in [5.74, 6) is 0. The molecule has 0 heterocycles. The molecular formula is C52H46. The van der Waals surface area contributed by atoms with Crippen molar-refractivity contribution in [2.24, 2.45) is 0 Å². The van der Waals surface area contributed by atoms with E-state index < -0.39 is 0 Å². The molecule has 2 aliphatic carbocycles. The number of rotatable bonds is 4. The fourth-order valence-corrected chi connectivity index (χ4v) is 10.2. The second-order valence-electron chi connectivity index (χ2n) is 17.2. The SMILES string of the molecule is CCC1(CC)c2ccccc2-c2ccc(-c3ccc4c(c3)C(C)(C)c3cc(-c5ccc6ccc7cc(C(C)(C)C)cc8ccc5c6c78)ccc3-4)cc21. The number of hydrogen-bond donors (Lipinski definition) is 0. The fourth-order valence-electron chi connectivity index (χ4n) is 10.2. The summed E-state index contributed by atoms with van der Waals surface area (Å²) >= 11 is 0. The lowest BCUT2D eigenvalue weighted by Gasteiger charge is -2.30. The molecule has 0 bridgehead atoms. The molecule has 0 fully saturated rings. The van der Waals surface area contributed by atoms with Gasteiger partial charge in [-0.2, -0.15) is 0 Å². The van der Waals surface area contributed by atoms with Crippen molar-refractivity contribution < 1.29 is 0 Å². The average molecular weight is 671 g/mol. The molecule has 2 aliphatic rings. The van der Waals surface area contributed by atoms with Crippen LogP contribution in [-0.2, 0) is 16.2 Å². The zero-order chi connectivity index (χ0) is 35.7. The molecule has 0 N–H and O–H groups in total. The van der Waals surface area contributed by atoms with E-state index in [0.29, 0.717) is 0 Å². The zero-order valence-electron chi connectivity index (χ0n) is 31.5. The normalized spacial score (nSPS) is 15.3. The highest BCUT2D eigenvalue weighted by molar-refractivity contribution is 6.25. The van der Waals surface area contributed by atoms with E-state index >= 15 is 0 Å². The molecule has 0 radical (unpaired) electrons. The molecule has 254 valence electrons. The van der Waals surface area contributed by atoms with Gasteiger partial charge in [0.15, 0.2) is 0 Å². The average Bonchev–Trinajstić information content (AvgIpc) is 3.57. The summed E-state index contributed by atoms with van der Waals surface area (Å²) in [5, 5.41) is 8.09. The molecule has 8 aromatic rings. The molecule has 0 saturated heterocycles. The third kappa shape index (κ3) is 4.16. The van der Waals surface area contributed by atoms with Crippen molar-refractivity contribution in [2.45, 2.75) is 77.6 Å². The maximum absolute atomic E-state index is 2.51. The van der Waals surface area contributed by atoms with Crippen molar-refractivity contribution in [3.05, 3.63) is 155 Å². The molecule has 0 atom stereocenters. The number of hydrogen-bond acceptors (Lipinski definition) is 0. The summed E-state index contributed by atoms with van der Waals surface area (Å²) in [6.45, 7) is 16.5. The minimum absolute atomic E-state index is 0.0745. The van der Waals surface area contributed by atoms with Gasteiger partial charge in [0.1, 0.15) is 0 Å². The Hall–Kier alpha value is -5.20. The first-order chi connectivity index (χ1) is 25.0. The third-order valence-corrected chi connectivity index (χ3v) is 13.3. The molecule has 8 aromatic carbocycles.